The Morgan fingerprint density at radius 2 is 2.10 bits per heavy atom. The molecule has 0 radical (unpaired) electrons. The minimum atomic E-state index is 0.582. The molecule has 2 N–H and O–H groups in total. The number of nitrogens with two attached hydrogens (primary N) is 1. The first kappa shape index (κ1) is 12.6. The Balaban J connectivity index is 1.70. The second-order valence-corrected chi connectivity index (χ2v) is 5.68. The van der Waals surface area contributed by atoms with E-state index in [1.165, 1.54) is 29.3 Å². The SMILES string of the molecule is NCc1ccc2c(ccn2Cc2nnc3n2CCCC3)c1. The summed E-state index contributed by atoms with van der Waals surface area (Å²) in [5.74, 6) is 2.20. The average molecular weight is 281 g/mol. The second kappa shape index (κ2) is 5.00. The summed E-state index contributed by atoms with van der Waals surface area (Å²) in [6.45, 7) is 2.41. The monoisotopic (exact) mass is 281 g/mol. The van der Waals surface area contributed by atoms with E-state index in [1.54, 1.807) is 0 Å². The van der Waals surface area contributed by atoms with E-state index in [1.807, 2.05) is 0 Å². The lowest BCUT2D eigenvalue weighted by Gasteiger charge is -2.15. The van der Waals surface area contributed by atoms with Gasteiger partial charge in [-0.05, 0) is 42.0 Å². The van der Waals surface area contributed by atoms with Crippen molar-refractivity contribution in [2.75, 3.05) is 0 Å². The van der Waals surface area contributed by atoms with Crippen LogP contribution in [0.1, 0.15) is 30.1 Å². The van der Waals surface area contributed by atoms with Crippen LogP contribution in [0.15, 0.2) is 30.5 Å². The molecule has 0 fully saturated rings. The molecule has 1 aliphatic rings. The standard InChI is InChI=1S/C16H19N5/c17-10-12-4-5-14-13(9-12)6-8-20(14)11-16-19-18-15-3-1-2-7-21(15)16/h4-6,8-9H,1-3,7,10-11,17H2. The number of hydrogen-bond acceptors (Lipinski definition) is 3. The van der Waals surface area contributed by atoms with Crippen LogP contribution in [0.4, 0.5) is 0 Å². The van der Waals surface area contributed by atoms with Crippen LogP contribution in [-0.2, 0) is 26.1 Å². The van der Waals surface area contributed by atoms with Gasteiger partial charge in [-0.15, -0.1) is 10.2 Å². The van der Waals surface area contributed by atoms with Crippen LogP contribution in [0.25, 0.3) is 10.9 Å². The van der Waals surface area contributed by atoms with E-state index >= 15 is 0 Å². The lowest BCUT2D eigenvalue weighted by molar-refractivity contribution is 0.503. The number of rotatable bonds is 3. The predicted octanol–water partition coefficient (Wildman–Crippen LogP) is 2.08. The summed E-state index contributed by atoms with van der Waals surface area (Å²) in [6, 6.07) is 8.54. The number of benzene rings is 1. The van der Waals surface area contributed by atoms with Crippen molar-refractivity contribution in [3.63, 3.8) is 0 Å². The van der Waals surface area contributed by atoms with Gasteiger partial charge in [0.15, 0.2) is 5.82 Å². The van der Waals surface area contributed by atoms with Gasteiger partial charge < -0.3 is 14.9 Å². The summed E-state index contributed by atoms with van der Waals surface area (Å²) in [7, 11) is 0. The van der Waals surface area contributed by atoms with Gasteiger partial charge in [0.2, 0.25) is 0 Å². The molecule has 21 heavy (non-hydrogen) atoms. The molecule has 0 bridgehead atoms. The summed E-state index contributed by atoms with van der Waals surface area (Å²) in [5.41, 5.74) is 8.09. The molecule has 4 rings (SSSR count). The summed E-state index contributed by atoms with van der Waals surface area (Å²) in [6.07, 6.45) is 5.63. The molecule has 1 aromatic carbocycles. The van der Waals surface area contributed by atoms with Crippen LogP contribution in [0.5, 0.6) is 0 Å². The van der Waals surface area contributed by atoms with E-state index in [9.17, 15) is 0 Å². The van der Waals surface area contributed by atoms with Crippen LogP contribution >= 0.6 is 0 Å². The van der Waals surface area contributed by atoms with E-state index in [0.29, 0.717) is 6.54 Å². The molecule has 0 saturated heterocycles. The molecule has 0 atom stereocenters. The van der Waals surface area contributed by atoms with Crippen molar-refractivity contribution in [3.05, 3.63) is 47.7 Å². The Hall–Kier alpha value is -2.14. The molecular weight excluding hydrogens is 262 g/mol. The Labute approximate surface area is 123 Å². The van der Waals surface area contributed by atoms with Crippen LogP contribution in [0.2, 0.25) is 0 Å². The number of hydrogen-bond donors (Lipinski definition) is 1. The van der Waals surface area contributed by atoms with Crippen molar-refractivity contribution in [2.45, 2.75) is 38.9 Å². The van der Waals surface area contributed by atoms with Crippen LogP contribution in [0, 0.1) is 0 Å². The first-order valence-electron chi connectivity index (χ1n) is 7.54. The maximum atomic E-state index is 5.71. The lowest BCUT2D eigenvalue weighted by Crippen LogP contribution is -2.14. The van der Waals surface area contributed by atoms with Gasteiger partial charge in [0, 0.05) is 31.2 Å². The summed E-state index contributed by atoms with van der Waals surface area (Å²) in [4.78, 5) is 0. The van der Waals surface area contributed by atoms with Crippen LogP contribution in [0.3, 0.4) is 0 Å². The van der Waals surface area contributed by atoms with Gasteiger partial charge in [-0.25, -0.2) is 0 Å². The normalized spacial score (nSPS) is 14.5. The van der Waals surface area contributed by atoms with Crippen molar-refractivity contribution in [1.82, 2.24) is 19.3 Å². The van der Waals surface area contributed by atoms with Crippen LogP contribution in [-0.4, -0.2) is 19.3 Å². The van der Waals surface area contributed by atoms with E-state index in [-0.39, 0.29) is 0 Å². The lowest BCUT2D eigenvalue weighted by atomic mass is 10.1. The molecule has 2 aromatic heterocycles. The minimum absolute atomic E-state index is 0.582. The molecule has 5 nitrogen and oxygen atoms in total. The zero-order valence-electron chi connectivity index (χ0n) is 12.0. The van der Waals surface area contributed by atoms with Gasteiger partial charge in [-0.1, -0.05) is 6.07 Å². The number of fused-ring (bicyclic) bond motifs is 2. The zero-order chi connectivity index (χ0) is 14.2. The van der Waals surface area contributed by atoms with Crippen molar-refractivity contribution in [2.24, 2.45) is 5.73 Å². The number of nitrogens with zero attached hydrogens (tertiary/aromatic N) is 4. The largest absolute Gasteiger partial charge is 0.340 e. The summed E-state index contributed by atoms with van der Waals surface area (Å²) < 4.78 is 4.52. The molecule has 5 heteroatoms. The molecule has 1 aliphatic heterocycles. The molecule has 3 aromatic rings. The molecule has 108 valence electrons. The third-order valence-electron chi connectivity index (χ3n) is 4.32. The van der Waals surface area contributed by atoms with E-state index in [0.717, 1.165) is 31.2 Å². The number of aryl methyl sites for hydroxylation is 1. The summed E-state index contributed by atoms with van der Waals surface area (Å²) in [5, 5.41) is 9.95. The highest BCUT2D eigenvalue weighted by Gasteiger charge is 2.16. The van der Waals surface area contributed by atoms with Crippen molar-refractivity contribution < 1.29 is 0 Å². The van der Waals surface area contributed by atoms with Gasteiger partial charge in [0.05, 0.1) is 6.54 Å². The molecule has 0 amide bonds. The highest BCUT2D eigenvalue weighted by Crippen LogP contribution is 2.20. The maximum absolute atomic E-state index is 5.71. The third-order valence-corrected chi connectivity index (χ3v) is 4.32. The summed E-state index contributed by atoms with van der Waals surface area (Å²) >= 11 is 0. The van der Waals surface area contributed by atoms with Crippen molar-refractivity contribution in [1.29, 1.82) is 0 Å². The van der Waals surface area contributed by atoms with Crippen molar-refractivity contribution >= 4 is 10.9 Å². The molecular formula is C16H19N5. The Kier molecular flexibility index (Phi) is 3.00. The smallest absolute Gasteiger partial charge is 0.153 e. The highest BCUT2D eigenvalue weighted by atomic mass is 15.3. The first-order chi connectivity index (χ1) is 10.3. The first-order valence-corrected chi connectivity index (χ1v) is 7.54. The van der Waals surface area contributed by atoms with Gasteiger partial charge in [0.25, 0.3) is 0 Å². The predicted molar refractivity (Wildman–Crippen MR) is 81.9 cm³/mol. The fourth-order valence-corrected chi connectivity index (χ4v) is 3.15. The maximum Gasteiger partial charge on any atom is 0.153 e. The molecule has 0 spiro atoms. The fraction of sp³-hybridized carbons (Fsp3) is 0.375. The minimum Gasteiger partial charge on any atom is -0.340 e. The molecule has 0 saturated carbocycles. The van der Waals surface area contributed by atoms with E-state index in [2.05, 4.69) is 49.8 Å². The third kappa shape index (κ3) is 2.14. The molecule has 0 aliphatic carbocycles. The second-order valence-electron chi connectivity index (χ2n) is 5.68. The topological polar surface area (TPSA) is 61.7 Å². The fourth-order valence-electron chi connectivity index (χ4n) is 3.15. The van der Waals surface area contributed by atoms with Gasteiger partial charge >= 0.3 is 0 Å². The van der Waals surface area contributed by atoms with E-state index in [4.69, 9.17) is 5.73 Å². The van der Waals surface area contributed by atoms with Gasteiger partial charge in [-0.3, -0.25) is 0 Å². The average Bonchev–Trinajstić information content (AvgIpc) is 3.12. The molecule has 3 heterocycles. The zero-order valence-corrected chi connectivity index (χ0v) is 12.0. The molecule has 0 unspecified atom stereocenters. The number of aromatic nitrogens is 4. The van der Waals surface area contributed by atoms with Gasteiger partial charge in [0.1, 0.15) is 5.82 Å². The van der Waals surface area contributed by atoms with Crippen molar-refractivity contribution in [3.8, 4) is 0 Å². The Morgan fingerprint density at radius 3 is 3.00 bits per heavy atom. The quantitative estimate of drug-likeness (QED) is 0.799. The Bertz CT molecular complexity index is 783. The van der Waals surface area contributed by atoms with E-state index < -0.39 is 0 Å². The van der Waals surface area contributed by atoms with Crippen LogP contribution < -0.4 is 5.73 Å². The highest BCUT2D eigenvalue weighted by molar-refractivity contribution is 5.80. The van der Waals surface area contributed by atoms with Gasteiger partial charge in [-0.2, -0.15) is 0 Å². The Morgan fingerprint density at radius 1 is 1.14 bits per heavy atom.